The van der Waals surface area contributed by atoms with Crippen LogP contribution in [0.25, 0.3) is 0 Å². The van der Waals surface area contributed by atoms with E-state index in [1.165, 1.54) is 14.2 Å². The molecule has 1 rings (SSSR count). The first kappa shape index (κ1) is 14.2. The van der Waals surface area contributed by atoms with Crippen LogP contribution in [0.4, 0.5) is 0 Å². The van der Waals surface area contributed by atoms with Gasteiger partial charge in [0, 0.05) is 0 Å². The van der Waals surface area contributed by atoms with E-state index in [9.17, 15) is 4.79 Å². The molecule has 1 unspecified atom stereocenters. The molecule has 0 aromatic heterocycles. The van der Waals surface area contributed by atoms with Gasteiger partial charge in [-0.05, 0) is 18.6 Å². The Kier molecular flexibility index (Phi) is 5.30. The van der Waals surface area contributed by atoms with Gasteiger partial charge in [0.15, 0.2) is 17.6 Å². The van der Waals surface area contributed by atoms with E-state index in [1.807, 2.05) is 6.92 Å². The van der Waals surface area contributed by atoms with Crippen molar-refractivity contribution in [3.05, 3.63) is 18.2 Å². The van der Waals surface area contributed by atoms with Crippen molar-refractivity contribution in [2.75, 3.05) is 14.2 Å². The Hall–Kier alpha value is -1.91. The summed E-state index contributed by atoms with van der Waals surface area (Å²) in [7, 11) is 3.00. The van der Waals surface area contributed by atoms with Crippen molar-refractivity contribution < 1.29 is 24.1 Å². The average molecular weight is 254 g/mol. The highest BCUT2D eigenvalue weighted by Gasteiger charge is 2.21. The lowest BCUT2D eigenvalue weighted by Gasteiger charge is -2.17. The number of para-hydroxylation sites is 1. The predicted molar refractivity (Wildman–Crippen MR) is 66.5 cm³/mol. The maximum Gasteiger partial charge on any atom is 0.344 e. The molecule has 0 aliphatic rings. The summed E-state index contributed by atoms with van der Waals surface area (Å²) in [6.45, 7) is 1.90. The zero-order valence-electron chi connectivity index (χ0n) is 10.8. The van der Waals surface area contributed by atoms with Crippen LogP contribution in [0.3, 0.4) is 0 Å². The Balaban J connectivity index is 2.98. The minimum absolute atomic E-state index is 0.373. The van der Waals surface area contributed by atoms with Gasteiger partial charge >= 0.3 is 5.97 Å². The number of carboxylic acid groups (broad SMARTS) is 1. The van der Waals surface area contributed by atoms with Gasteiger partial charge in [-0.25, -0.2) is 4.79 Å². The van der Waals surface area contributed by atoms with Crippen LogP contribution >= 0.6 is 0 Å². The number of rotatable bonds is 7. The molecule has 1 aromatic carbocycles. The first-order valence-electron chi connectivity index (χ1n) is 5.74. The Morgan fingerprint density at radius 2 is 1.94 bits per heavy atom. The molecule has 0 heterocycles. The summed E-state index contributed by atoms with van der Waals surface area (Å²) < 4.78 is 15.8. The highest BCUT2D eigenvalue weighted by Crippen LogP contribution is 2.37. The second-order valence-electron chi connectivity index (χ2n) is 3.73. The first-order valence-corrected chi connectivity index (χ1v) is 5.74. The quantitative estimate of drug-likeness (QED) is 0.809. The fourth-order valence-corrected chi connectivity index (χ4v) is 1.60. The van der Waals surface area contributed by atoms with Crippen LogP contribution in [0.2, 0.25) is 0 Å². The summed E-state index contributed by atoms with van der Waals surface area (Å²) in [6, 6.07) is 5.11. The number of hydrogen-bond acceptors (Lipinski definition) is 4. The molecule has 1 N–H and O–H groups in total. The third-order valence-electron chi connectivity index (χ3n) is 2.46. The standard InChI is InChI=1S/C13H18O5/c1-4-6-11(13(14)15)18-10-8-5-7-9(16-2)12(10)17-3/h5,7-8,11H,4,6H2,1-3H3,(H,14,15). The Bertz CT molecular complexity index is 402. The van der Waals surface area contributed by atoms with E-state index in [0.29, 0.717) is 23.7 Å². The molecule has 0 fully saturated rings. The monoisotopic (exact) mass is 254 g/mol. The van der Waals surface area contributed by atoms with Gasteiger partial charge in [0.2, 0.25) is 5.75 Å². The van der Waals surface area contributed by atoms with E-state index in [2.05, 4.69) is 0 Å². The van der Waals surface area contributed by atoms with Crippen LogP contribution in [0.15, 0.2) is 18.2 Å². The van der Waals surface area contributed by atoms with E-state index in [-0.39, 0.29) is 0 Å². The second-order valence-corrected chi connectivity index (χ2v) is 3.73. The number of benzene rings is 1. The fourth-order valence-electron chi connectivity index (χ4n) is 1.60. The van der Waals surface area contributed by atoms with E-state index < -0.39 is 12.1 Å². The molecular weight excluding hydrogens is 236 g/mol. The summed E-state index contributed by atoms with van der Waals surface area (Å²) in [4.78, 5) is 11.1. The summed E-state index contributed by atoms with van der Waals surface area (Å²) in [6.07, 6.45) is 0.287. The van der Waals surface area contributed by atoms with Crippen LogP contribution in [-0.4, -0.2) is 31.4 Å². The number of aliphatic carboxylic acids is 1. The molecule has 0 aliphatic heterocycles. The molecule has 0 amide bonds. The first-order chi connectivity index (χ1) is 8.63. The molecular formula is C13H18O5. The molecule has 5 heteroatoms. The predicted octanol–water partition coefficient (Wildman–Crippen LogP) is 2.34. The van der Waals surface area contributed by atoms with E-state index in [0.717, 1.165) is 6.42 Å². The summed E-state index contributed by atoms with van der Waals surface area (Å²) in [5.41, 5.74) is 0. The molecule has 5 nitrogen and oxygen atoms in total. The molecule has 1 atom stereocenters. The topological polar surface area (TPSA) is 65.0 Å². The van der Waals surface area contributed by atoms with Gasteiger partial charge in [-0.2, -0.15) is 0 Å². The second kappa shape index (κ2) is 6.74. The van der Waals surface area contributed by atoms with Crippen molar-refractivity contribution in [1.82, 2.24) is 0 Å². The maximum atomic E-state index is 11.1. The van der Waals surface area contributed by atoms with Crippen molar-refractivity contribution >= 4 is 5.97 Å². The Morgan fingerprint density at radius 3 is 2.44 bits per heavy atom. The maximum absolute atomic E-state index is 11.1. The minimum atomic E-state index is -0.985. The smallest absolute Gasteiger partial charge is 0.344 e. The van der Waals surface area contributed by atoms with E-state index in [1.54, 1.807) is 18.2 Å². The van der Waals surface area contributed by atoms with Crippen LogP contribution in [-0.2, 0) is 4.79 Å². The number of carboxylic acids is 1. The summed E-state index contributed by atoms with van der Waals surface area (Å²) >= 11 is 0. The average Bonchev–Trinajstić information content (AvgIpc) is 2.37. The van der Waals surface area contributed by atoms with Crippen molar-refractivity contribution in [2.24, 2.45) is 0 Å². The van der Waals surface area contributed by atoms with E-state index >= 15 is 0 Å². The lowest BCUT2D eigenvalue weighted by atomic mass is 10.2. The van der Waals surface area contributed by atoms with Crippen LogP contribution < -0.4 is 14.2 Å². The molecule has 18 heavy (non-hydrogen) atoms. The molecule has 0 radical (unpaired) electrons. The van der Waals surface area contributed by atoms with Gasteiger partial charge < -0.3 is 19.3 Å². The normalized spacial score (nSPS) is 11.7. The largest absolute Gasteiger partial charge is 0.493 e. The molecule has 0 spiro atoms. The van der Waals surface area contributed by atoms with Crippen LogP contribution in [0, 0.1) is 0 Å². The molecule has 0 aliphatic carbocycles. The molecule has 0 saturated heterocycles. The lowest BCUT2D eigenvalue weighted by Crippen LogP contribution is -2.26. The third-order valence-corrected chi connectivity index (χ3v) is 2.46. The molecule has 100 valence electrons. The zero-order chi connectivity index (χ0) is 13.5. The zero-order valence-corrected chi connectivity index (χ0v) is 10.8. The van der Waals surface area contributed by atoms with Crippen LogP contribution in [0.1, 0.15) is 19.8 Å². The molecule has 1 aromatic rings. The third kappa shape index (κ3) is 3.29. The van der Waals surface area contributed by atoms with Gasteiger partial charge in [0.25, 0.3) is 0 Å². The lowest BCUT2D eigenvalue weighted by molar-refractivity contribution is -0.145. The minimum Gasteiger partial charge on any atom is -0.493 e. The Morgan fingerprint density at radius 1 is 1.28 bits per heavy atom. The number of methoxy groups -OCH3 is 2. The number of ether oxygens (including phenoxy) is 3. The highest BCUT2D eigenvalue weighted by atomic mass is 16.5. The summed E-state index contributed by atoms with van der Waals surface area (Å²) in [5, 5.41) is 9.06. The van der Waals surface area contributed by atoms with Gasteiger partial charge in [0.1, 0.15) is 0 Å². The van der Waals surface area contributed by atoms with Crippen molar-refractivity contribution in [3.63, 3.8) is 0 Å². The van der Waals surface area contributed by atoms with Crippen molar-refractivity contribution in [1.29, 1.82) is 0 Å². The van der Waals surface area contributed by atoms with Crippen molar-refractivity contribution in [3.8, 4) is 17.2 Å². The van der Waals surface area contributed by atoms with Crippen molar-refractivity contribution in [2.45, 2.75) is 25.9 Å². The highest BCUT2D eigenvalue weighted by molar-refractivity contribution is 5.73. The number of carbonyl (C=O) groups is 1. The van der Waals surface area contributed by atoms with Gasteiger partial charge in [0.05, 0.1) is 14.2 Å². The molecule has 0 bridgehead atoms. The SMILES string of the molecule is CCCC(Oc1cccc(OC)c1OC)C(=O)O. The number of hydrogen-bond donors (Lipinski definition) is 1. The fraction of sp³-hybridized carbons (Fsp3) is 0.462. The van der Waals surface area contributed by atoms with Gasteiger partial charge in [-0.15, -0.1) is 0 Å². The van der Waals surface area contributed by atoms with Crippen LogP contribution in [0.5, 0.6) is 17.2 Å². The van der Waals surface area contributed by atoms with Gasteiger partial charge in [-0.3, -0.25) is 0 Å². The van der Waals surface area contributed by atoms with E-state index in [4.69, 9.17) is 19.3 Å². The van der Waals surface area contributed by atoms with Gasteiger partial charge in [-0.1, -0.05) is 19.4 Å². The molecule has 0 saturated carbocycles. The summed E-state index contributed by atoms with van der Waals surface area (Å²) in [5.74, 6) is 0.303. The Labute approximate surface area is 106 Å².